The first-order valence-corrected chi connectivity index (χ1v) is 6.22. The van der Waals surface area contributed by atoms with Gasteiger partial charge in [0.15, 0.2) is 0 Å². The highest BCUT2D eigenvalue weighted by molar-refractivity contribution is 5.53. The van der Waals surface area contributed by atoms with Crippen molar-refractivity contribution < 1.29 is 0 Å². The Kier molecular flexibility index (Phi) is 4.19. The first kappa shape index (κ1) is 12.4. The van der Waals surface area contributed by atoms with E-state index in [0.29, 0.717) is 0 Å². The summed E-state index contributed by atoms with van der Waals surface area (Å²) < 4.78 is 0. The molecule has 0 fully saturated rings. The number of hydrogen-bond acceptors (Lipinski definition) is 1. The van der Waals surface area contributed by atoms with Gasteiger partial charge in [-0.3, -0.25) is 0 Å². The molecule has 2 aromatic carbocycles. The molecule has 0 N–H and O–H groups in total. The minimum atomic E-state index is 0.961. The lowest BCUT2D eigenvalue weighted by Gasteiger charge is -2.17. The normalized spacial score (nSPS) is 11.3. The van der Waals surface area contributed by atoms with Gasteiger partial charge in [-0.2, -0.15) is 0 Å². The number of rotatable bonds is 4. The van der Waals surface area contributed by atoms with E-state index in [9.17, 15) is 0 Å². The summed E-state index contributed by atoms with van der Waals surface area (Å²) in [6.07, 6.45) is 3.20. The number of benzene rings is 2. The van der Waals surface area contributed by atoms with E-state index in [2.05, 4.69) is 79.7 Å². The standard InChI is InChI=1S/C17H19N/c1-18(2)17(13-15-9-5-3-6-10-15)14-16-11-7-4-8-12-16/h3-13H,14H2,1-2H3. The maximum Gasteiger partial charge on any atom is 0.0178 e. The van der Waals surface area contributed by atoms with Crippen LogP contribution in [0.2, 0.25) is 0 Å². The minimum absolute atomic E-state index is 0.961. The molecule has 0 amide bonds. The third-order valence-corrected chi connectivity index (χ3v) is 2.94. The zero-order chi connectivity index (χ0) is 12.8. The molecule has 1 nitrogen and oxygen atoms in total. The third kappa shape index (κ3) is 3.49. The molecule has 0 aromatic heterocycles. The second-order valence-corrected chi connectivity index (χ2v) is 4.60. The van der Waals surface area contributed by atoms with Crippen molar-refractivity contribution in [3.63, 3.8) is 0 Å². The molecule has 1 heteroatoms. The van der Waals surface area contributed by atoms with Crippen LogP contribution in [0.4, 0.5) is 0 Å². The molecule has 0 aliphatic heterocycles. The molecule has 0 unspecified atom stereocenters. The van der Waals surface area contributed by atoms with Gasteiger partial charge in [0.2, 0.25) is 0 Å². The Morgan fingerprint density at radius 1 is 0.889 bits per heavy atom. The second-order valence-electron chi connectivity index (χ2n) is 4.60. The van der Waals surface area contributed by atoms with Crippen LogP contribution in [0.5, 0.6) is 0 Å². The van der Waals surface area contributed by atoms with E-state index >= 15 is 0 Å². The van der Waals surface area contributed by atoms with E-state index in [1.807, 2.05) is 6.07 Å². The number of nitrogens with zero attached hydrogens (tertiary/aromatic N) is 1. The van der Waals surface area contributed by atoms with Crippen molar-refractivity contribution in [1.82, 2.24) is 4.90 Å². The fourth-order valence-corrected chi connectivity index (χ4v) is 1.88. The van der Waals surface area contributed by atoms with Crippen molar-refractivity contribution in [3.05, 3.63) is 77.5 Å². The highest BCUT2D eigenvalue weighted by Crippen LogP contribution is 2.14. The SMILES string of the molecule is CN(C)C(=Cc1ccccc1)Cc1ccccc1. The molecule has 0 saturated carbocycles. The first-order chi connectivity index (χ1) is 8.75. The predicted molar refractivity (Wildman–Crippen MR) is 78.3 cm³/mol. The van der Waals surface area contributed by atoms with Crippen LogP contribution < -0.4 is 0 Å². The van der Waals surface area contributed by atoms with Crippen molar-refractivity contribution >= 4 is 6.08 Å². The Bertz CT molecular complexity index is 498. The average molecular weight is 237 g/mol. The Morgan fingerprint density at radius 3 is 2.00 bits per heavy atom. The summed E-state index contributed by atoms with van der Waals surface area (Å²) in [6.45, 7) is 0. The molecule has 0 aliphatic carbocycles. The maximum atomic E-state index is 2.24. The Labute approximate surface area is 109 Å². The van der Waals surface area contributed by atoms with E-state index in [0.717, 1.165) is 6.42 Å². The maximum absolute atomic E-state index is 2.24. The van der Waals surface area contributed by atoms with Crippen LogP contribution in [0.15, 0.2) is 66.4 Å². The summed E-state index contributed by atoms with van der Waals surface area (Å²) in [6, 6.07) is 21.0. The monoisotopic (exact) mass is 237 g/mol. The van der Waals surface area contributed by atoms with Crippen LogP contribution >= 0.6 is 0 Å². The van der Waals surface area contributed by atoms with E-state index in [1.165, 1.54) is 16.8 Å². The van der Waals surface area contributed by atoms with Gasteiger partial charge < -0.3 is 4.90 Å². The quantitative estimate of drug-likeness (QED) is 0.781. The fraction of sp³-hybridized carbons (Fsp3) is 0.176. The van der Waals surface area contributed by atoms with Crippen molar-refractivity contribution in [2.45, 2.75) is 6.42 Å². The van der Waals surface area contributed by atoms with Crippen LogP contribution in [0, 0.1) is 0 Å². The summed E-state index contributed by atoms with van der Waals surface area (Å²) >= 11 is 0. The molecule has 0 saturated heterocycles. The van der Waals surface area contributed by atoms with Gasteiger partial charge in [-0.05, 0) is 17.2 Å². The molecule has 0 radical (unpaired) electrons. The van der Waals surface area contributed by atoms with Crippen molar-refractivity contribution in [2.75, 3.05) is 14.1 Å². The van der Waals surface area contributed by atoms with Crippen LogP contribution in [0.25, 0.3) is 6.08 Å². The van der Waals surface area contributed by atoms with Gasteiger partial charge in [-0.25, -0.2) is 0 Å². The van der Waals surface area contributed by atoms with E-state index < -0.39 is 0 Å². The van der Waals surface area contributed by atoms with Gasteiger partial charge in [-0.15, -0.1) is 0 Å². The van der Waals surface area contributed by atoms with Crippen molar-refractivity contribution in [2.24, 2.45) is 0 Å². The molecular weight excluding hydrogens is 218 g/mol. The van der Waals surface area contributed by atoms with Gasteiger partial charge in [-0.1, -0.05) is 60.7 Å². The number of likely N-dealkylation sites (N-methyl/N-ethyl adjacent to an activating group) is 1. The molecule has 0 bridgehead atoms. The summed E-state index contributed by atoms with van der Waals surface area (Å²) in [5.41, 5.74) is 3.90. The lowest BCUT2D eigenvalue weighted by atomic mass is 10.1. The second kappa shape index (κ2) is 6.06. The molecule has 0 spiro atoms. The van der Waals surface area contributed by atoms with Gasteiger partial charge in [0.25, 0.3) is 0 Å². The van der Waals surface area contributed by atoms with E-state index in [1.54, 1.807) is 0 Å². The minimum Gasteiger partial charge on any atom is -0.381 e. The highest BCUT2D eigenvalue weighted by Gasteiger charge is 2.02. The van der Waals surface area contributed by atoms with Crippen LogP contribution in [-0.2, 0) is 6.42 Å². The lowest BCUT2D eigenvalue weighted by molar-refractivity contribution is 0.503. The lowest BCUT2D eigenvalue weighted by Crippen LogP contribution is -2.13. The molecule has 0 heterocycles. The topological polar surface area (TPSA) is 3.24 Å². The average Bonchev–Trinajstić information content (AvgIpc) is 2.40. The molecule has 0 atom stereocenters. The summed E-state index contributed by atoms with van der Waals surface area (Å²) in [7, 11) is 4.19. The molecule has 2 aromatic rings. The first-order valence-electron chi connectivity index (χ1n) is 6.22. The van der Waals surface area contributed by atoms with Crippen LogP contribution in [0.3, 0.4) is 0 Å². The summed E-state index contributed by atoms with van der Waals surface area (Å²) in [5.74, 6) is 0. The van der Waals surface area contributed by atoms with Gasteiger partial charge in [0.1, 0.15) is 0 Å². The Hall–Kier alpha value is -2.02. The smallest absolute Gasteiger partial charge is 0.0178 e. The van der Waals surface area contributed by atoms with Crippen LogP contribution in [0.1, 0.15) is 11.1 Å². The third-order valence-electron chi connectivity index (χ3n) is 2.94. The van der Waals surface area contributed by atoms with Crippen molar-refractivity contribution in [3.8, 4) is 0 Å². The molecule has 2 rings (SSSR count). The Balaban J connectivity index is 2.22. The zero-order valence-corrected chi connectivity index (χ0v) is 11.0. The molecular formula is C17H19N. The summed E-state index contributed by atoms with van der Waals surface area (Å²) in [4.78, 5) is 2.18. The zero-order valence-electron chi connectivity index (χ0n) is 11.0. The molecule has 18 heavy (non-hydrogen) atoms. The molecule has 92 valence electrons. The van der Waals surface area contributed by atoms with E-state index in [-0.39, 0.29) is 0 Å². The Morgan fingerprint density at radius 2 is 1.44 bits per heavy atom. The number of hydrogen-bond donors (Lipinski definition) is 0. The predicted octanol–water partition coefficient (Wildman–Crippen LogP) is 3.83. The fourth-order valence-electron chi connectivity index (χ4n) is 1.88. The van der Waals surface area contributed by atoms with E-state index in [4.69, 9.17) is 0 Å². The van der Waals surface area contributed by atoms with Crippen LogP contribution in [-0.4, -0.2) is 19.0 Å². The highest BCUT2D eigenvalue weighted by atomic mass is 15.1. The summed E-state index contributed by atoms with van der Waals surface area (Å²) in [5, 5.41) is 0. The van der Waals surface area contributed by atoms with Gasteiger partial charge >= 0.3 is 0 Å². The largest absolute Gasteiger partial charge is 0.381 e. The van der Waals surface area contributed by atoms with Crippen molar-refractivity contribution in [1.29, 1.82) is 0 Å². The van der Waals surface area contributed by atoms with Gasteiger partial charge in [0, 0.05) is 26.2 Å². The van der Waals surface area contributed by atoms with Gasteiger partial charge in [0.05, 0.1) is 0 Å². The number of allylic oxidation sites excluding steroid dienone is 1. The molecule has 0 aliphatic rings.